The number of carbonyl (C=O) groups is 1. The van der Waals surface area contributed by atoms with Gasteiger partial charge >= 0.3 is 0 Å². The molecule has 2 heterocycles. The first-order valence-corrected chi connectivity index (χ1v) is 10.5. The van der Waals surface area contributed by atoms with Crippen LogP contribution in [0.2, 0.25) is 0 Å². The van der Waals surface area contributed by atoms with Gasteiger partial charge in [0.15, 0.2) is 10.8 Å². The highest BCUT2D eigenvalue weighted by Gasteiger charge is 2.20. The second kappa shape index (κ2) is 7.83. The van der Waals surface area contributed by atoms with Gasteiger partial charge in [-0.15, -0.1) is 5.10 Å². The molecule has 0 aliphatic heterocycles. The summed E-state index contributed by atoms with van der Waals surface area (Å²) < 4.78 is 1.73. The summed E-state index contributed by atoms with van der Waals surface area (Å²) in [6.45, 7) is 7.97. The second-order valence-corrected chi connectivity index (χ2v) is 8.61. The first-order chi connectivity index (χ1) is 13.9. The van der Waals surface area contributed by atoms with E-state index in [0.717, 1.165) is 27.8 Å². The van der Waals surface area contributed by atoms with Crippen molar-refractivity contribution in [1.82, 2.24) is 19.6 Å². The van der Waals surface area contributed by atoms with Crippen LogP contribution in [0.15, 0.2) is 53.7 Å². The van der Waals surface area contributed by atoms with Crippen LogP contribution < -0.4 is 5.32 Å². The van der Waals surface area contributed by atoms with Crippen LogP contribution in [0.4, 0.5) is 5.69 Å². The van der Waals surface area contributed by atoms with Gasteiger partial charge in [0.25, 0.3) is 0 Å². The first-order valence-electron chi connectivity index (χ1n) is 9.62. The summed E-state index contributed by atoms with van der Waals surface area (Å²) in [5, 5.41) is 8.80. The molecular formula is C22H23N5OS. The number of hydrogen-bond acceptors (Lipinski definition) is 5. The molecule has 148 valence electrons. The summed E-state index contributed by atoms with van der Waals surface area (Å²) in [5.74, 6) is 0.936. The summed E-state index contributed by atoms with van der Waals surface area (Å²) in [6, 6.07) is 15.8. The minimum atomic E-state index is -0.350. The molecule has 6 nitrogen and oxygen atoms in total. The van der Waals surface area contributed by atoms with Gasteiger partial charge in [-0.25, -0.2) is 9.97 Å². The summed E-state index contributed by atoms with van der Waals surface area (Å²) in [5.41, 5.74) is 3.57. The number of carbonyl (C=O) groups excluding carboxylic acids is 1. The van der Waals surface area contributed by atoms with Crippen LogP contribution >= 0.6 is 11.8 Å². The maximum absolute atomic E-state index is 12.9. The summed E-state index contributed by atoms with van der Waals surface area (Å²) >= 11 is 1.38. The fourth-order valence-electron chi connectivity index (χ4n) is 3.27. The first kappa shape index (κ1) is 19.4. The fourth-order valence-corrected chi connectivity index (χ4v) is 4.13. The van der Waals surface area contributed by atoms with Gasteiger partial charge in [0.05, 0.1) is 10.8 Å². The number of para-hydroxylation sites is 2. The number of anilines is 1. The van der Waals surface area contributed by atoms with Crippen LogP contribution in [0.25, 0.3) is 16.6 Å². The molecule has 1 N–H and O–H groups in total. The highest BCUT2D eigenvalue weighted by atomic mass is 32.2. The molecule has 1 amide bonds. The van der Waals surface area contributed by atoms with Crippen molar-refractivity contribution < 1.29 is 4.79 Å². The Balaban J connectivity index is 1.63. The Morgan fingerprint density at radius 3 is 2.55 bits per heavy atom. The molecule has 0 spiro atoms. The van der Waals surface area contributed by atoms with Gasteiger partial charge < -0.3 is 5.32 Å². The molecule has 0 fully saturated rings. The fraction of sp³-hybridized carbons (Fsp3) is 0.273. The van der Waals surface area contributed by atoms with Crippen molar-refractivity contribution in [2.45, 2.75) is 44.0 Å². The van der Waals surface area contributed by atoms with E-state index in [1.54, 1.807) is 4.52 Å². The van der Waals surface area contributed by atoms with Gasteiger partial charge in [-0.2, -0.15) is 4.52 Å². The van der Waals surface area contributed by atoms with Crippen molar-refractivity contribution >= 4 is 39.9 Å². The molecule has 4 aromatic rings. The minimum absolute atomic E-state index is 0.0666. The van der Waals surface area contributed by atoms with Crippen LogP contribution in [-0.2, 0) is 4.79 Å². The Bertz CT molecular complexity index is 1200. The number of hydrogen-bond donors (Lipinski definition) is 1. The topological polar surface area (TPSA) is 72.2 Å². The summed E-state index contributed by atoms with van der Waals surface area (Å²) in [7, 11) is 0. The number of aromatic nitrogens is 4. The third-order valence-corrected chi connectivity index (χ3v) is 5.79. The number of fused-ring (bicyclic) bond motifs is 3. The average molecular weight is 406 g/mol. The Kier molecular flexibility index (Phi) is 5.24. The number of aryl methyl sites for hydroxylation is 1. The molecule has 7 heteroatoms. The van der Waals surface area contributed by atoms with E-state index in [0.29, 0.717) is 16.9 Å². The standard InChI is InChI=1S/C22H23N5OS/c1-13(2)16-9-5-7-11-18(16)24-21(28)14(3)29-22-25-19-12-8-6-10-17(19)20-23-15(4)26-27(20)22/h5-14H,1-4H3,(H,24,28). The van der Waals surface area contributed by atoms with Gasteiger partial charge in [0.1, 0.15) is 5.82 Å². The van der Waals surface area contributed by atoms with E-state index in [2.05, 4.69) is 29.2 Å². The average Bonchev–Trinajstić information content (AvgIpc) is 3.10. The maximum Gasteiger partial charge on any atom is 0.237 e. The van der Waals surface area contributed by atoms with Crippen molar-refractivity contribution in [3.05, 3.63) is 59.9 Å². The lowest BCUT2D eigenvalue weighted by Crippen LogP contribution is -2.23. The predicted octanol–water partition coefficient (Wildman–Crippen LogP) is 4.83. The summed E-state index contributed by atoms with van der Waals surface area (Å²) in [6.07, 6.45) is 0. The Morgan fingerprint density at radius 2 is 1.76 bits per heavy atom. The number of rotatable bonds is 5. The Hall–Kier alpha value is -2.93. The van der Waals surface area contributed by atoms with Crippen LogP contribution in [0.5, 0.6) is 0 Å². The van der Waals surface area contributed by atoms with E-state index in [9.17, 15) is 4.79 Å². The molecule has 4 rings (SSSR count). The molecule has 0 aliphatic rings. The molecule has 0 radical (unpaired) electrons. The third-order valence-electron chi connectivity index (χ3n) is 4.75. The third kappa shape index (κ3) is 3.82. The molecule has 0 saturated carbocycles. The predicted molar refractivity (Wildman–Crippen MR) is 118 cm³/mol. The van der Waals surface area contributed by atoms with Crippen molar-refractivity contribution in [1.29, 1.82) is 0 Å². The number of nitrogens with one attached hydrogen (secondary N) is 1. The van der Waals surface area contributed by atoms with Crippen molar-refractivity contribution in [3.63, 3.8) is 0 Å². The molecule has 1 unspecified atom stereocenters. The molecule has 0 bridgehead atoms. The largest absolute Gasteiger partial charge is 0.325 e. The normalized spacial score (nSPS) is 12.6. The Morgan fingerprint density at radius 1 is 1.03 bits per heavy atom. The number of benzene rings is 2. The number of nitrogens with zero attached hydrogens (tertiary/aromatic N) is 4. The van der Waals surface area contributed by atoms with Crippen LogP contribution in [-0.4, -0.2) is 30.7 Å². The van der Waals surface area contributed by atoms with Crippen LogP contribution in [0.3, 0.4) is 0 Å². The van der Waals surface area contributed by atoms with E-state index in [1.165, 1.54) is 11.8 Å². The van der Waals surface area contributed by atoms with Crippen molar-refractivity contribution in [2.24, 2.45) is 0 Å². The number of thioether (sulfide) groups is 1. The van der Waals surface area contributed by atoms with Gasteiger partial charge in [-0.1, -0.05) is 55.9 Å². The number of amides is 1. The second-order valence-electron chi connectivity index (χ2n) is 7.30. The van der Waals surface area contributed by atoms with Crippen LogP contribution in [0.1, 0.15) is 38.1 Å². The lowest BCUT2D eigenvalue weighted by Gasteiger charge is -2.16. The van der Waals surface area contributed by atoms with Crippen LogP contribution in [0, 0.1) is 6.92 Å². The Labute approximate surface area is 173 Å². The van der Waals surface area contributed by atoms with Gasteiger partial charge in [0, 0.05) is 11.1 Å². The van der Waals surface area contributed by atoms with Gasteiger partial charge in [0.2, 0.25) is 5.91 Å². The zero-order valence-corrected chi connectivity index (χ0v) is 17.7. The van der Waals surface area contributed by atoms with Gasteiger partial charge in [-0.3, -0.25) is 4.79 Å². The van der Waals surface area contributed by atoms with E-state index in [-0.39, 0.29) is 11.2 Å². The lowest BCUT2D eigenvalue weighted by atomic mass is 10.0. The monoisotopic (exact) mass is 405 g/mol. The smallest absolute Gasteiger partial charge is 0.237 e. The molecule has 2 aromatic heterocycles. The molecule has 2 aromatic carbocycles. The highest BCUT2D eigenvalue weighted by Crippen LogP contribution is 2.28. The van der Waals surface area contributed by atoms with E-state index >= 15 is 0 Å². The lowest BCUT2D eigenvalue weighted by molar-refractivity contribution is -0.115. The van der Waals surface area contributed by atoms with Crippen molar-refractivity contribution in [3.8, 4) is 0 Å². The highest BCUT2D eigenvalue weighted by molar-refractivity contribution is 8.00. The van der Waals surface area contributed by atoms with E-state index in [4.69, 9.17) is 4.98 Å². The SMILES string of the molecule is Cc1nc2c3ccccc3nc(SC(C)C(=O)Nc3ccccc3C(C)C)n2n1. The molecule has 0 aliphatic carbocycles. The molecule has 1 atom stereocenters. The van der Waals surface area contributed by atoms with Gasteiger partial charge in [-0.05, 0) is 43.5 Å². The maximum atomic E-state index is 12.9. The zero-order chi connectivity index (χ0) is 20.5. The zero-order valence-electron chi connectivity index (χ0n) is 16.9. The summed E-state index contributed by atoms with van der Waals surface area (Å²) in [4.78, 5) is 22.2. The van der Waals surface area contributed by atoms with E-state index in [1.807, 2.05) is 62.4 Å². The molecule has 29 heavy (non-hydrogen) atoms. The molecular weight excluding hydrogens is 382 g/mol. The van der Waals surface area contributed by atoms with Crippen molar-refractivity contribution in [2.75, 3.05) is 5.32 Å². The minimum Gasteiger partial charge on any atom is -0.325 e. The molecule has 0 saturated heterocycles. The van der Waals surface area contributed by atoms with E-state index < -0.39 is 0 Å². The quantitative estimate of drug-likeness (QED) is 0.380.